The van der Waals surface area contributed by atoms with Crippen molar-refractivity contribution in [1.29, 1.82) is 0 Å². The number of rotatable bonds is 6. The minimum atomic E-state index is -1.01. The van der Waals surface area contributed by atoms with Crippen molar-refractivity contribution in [3.8, 4) is 0 Å². The van der Waals surface area contributed by atoms with Gasteiger partial charge in [0.15, 0.2) is 0 Å². The van der Waals surface area contributed by atoms with Gasteiger partial charge in [-0.3, -0.25) is 5.10 Å². The van der Waals surface area contributed by atoms with E-state index in [1.54, 1.807) is 19.4 Å². The number of carbonyl (C=O) groups is 2. The van der Waals surface area contributed by atoms with Crippen LogP contribution in [0.4, 0.5) is 4.79 Å². The van der Waals surface area contributed by atoms with Crippen molar-refractivity contribution < 1.29 is 14.7 Å². The van der Waals surface area contributed by atoms with Crippen LogP contribution in [-0.4, -0.2) is 45.3 Å². The number of hydrogen-bond donors (Lipinski definition) is 3. The maximum Gasteiger partial charge on any atom is 0.326 e. The van der Waals surface area contributed by atoms with E-state index in [-0.39, 0.29) is 0 Å². The summed E-state index contributed by atoms with van der Waals surface area (Å²) < 4.78 is 0. The van der Waals surface area contributed by atoms with Crippen molar-refractivity contribution in [3.63, 3.8) is 0 Å². The van der Waals surface area contributed by atoms with Crippen LogP contribution < -0.4 is 5.32 Å². The lowest BCUT2D eigenvalue weighted by Crippen LogP contribution is -2.46. The van der Waals surface area contributed by atoms with Crippen LogP contribution in [0.5, 0.6) is 0 Å². The second-order valence-electron chi connectivity index (χ2n) is 4.09. The van der Waals surface area contributed by atoms with Gasteiger partial charge in [0.25, 0.3) is 0 Å². The molecule has 1 atom stereocenters. The zero-order chi connectivity index (χ0) is 13.5. The maximum absolute atomic E-state index is 11.8. The summed E-state index contributed by atoms with van der Waals surface area (Å²) in [7, 11) is 1.60. The van der Waals surface area contributed by atoms with E-state index in [2.05, 4.69) is 15.5 Å². The van der Waals surface area contributed by atoms with Crippen LogP contribution >= 0.6 is 0 Å². The summed E-state index contributed by atoms with van der Waals surface area (Å²) >= 11 is 0. The second-order valence-corrected chi connectivity index (χ2v) is 4.09. The number of H-pyrrole nitrogens is 1. The number of amides is 2. The first-order chi connectivity index (χ1) is 8.54. The third-order valence-electron chi connectivity index (χ3n) is 2.49. The van der Waals surface area contributed by atoms with Gasteiger partial charge in [-0.25, -0.2) is 9.59 Å². The Morgan fingerprint density at radius 1 is 1.61 bits per heavy atom. The number of aliphatic carboxylic acids is 1. The number of aromatic nitrogens is 2. The monoisotopic (exact) mass is 254 g/mol. The molecule has 7 heteroatoms. The molecule has 1 heterocycles. The highest BCUT2D eigenvalue weighted by atomic mass is 16.4. The van der Waals surface area contributed by atoms with Crippen LogP contribution in [0.25, 0.3) is 0 Å². The van der Waals surface area contributed by atoms with E-state index in [1.165, 1.54) is 4.90 Å². The van der Waals surface area contributed by atoms with E-state index in [4.69, 9.17) is 5.11 Å². The van der Waals surface area contributed by atoms with Gasteiger partial charge in [0.1, 0.15) is 6.04 Å². The van der Waals surface area contributed by atoms with E-state index < -0.39 is 18.0 Å². The highest BCUT2D eigenvalue weighted by Crippen LogP contribution is 2.02. The van der Waals surface area contributed by atoms with Crippen LogP contribution in [0.2, 0.25) is 0 Å². The zero-order valence-corrected chi connectivity index (χ0v) is 10.5. The molecule has 0 aliphatic rings. The number of carbonyl (C=O) groups excluding carboxylic acids is 1. The minimum absolute atomic E-state index is 0.376. The molecule has 100 valence electrons. The number of nitrogens with zero attached hydrogens (tertiary/aromatic N) is 2. The first-order valence-electron chi connectivity index (χ1n) is 5.76. The van der Waals surface area contributed by atoms with Gasteiger partial charge in [-0.2, -0.15) is 5.10 Å². The third-order valence-corrected chi connectivity index (χ3v) is 2.49. The van der Waals surface area contributed by atoms with E-state index >= 15 is 0 Å². The Labute approximate surface area is 105 Å². The molecule has 3 N–H and O–H groups in total. The molecule has 0 spiro atoms. The predicted molar refractivity (Wildman–Crippen MR) is 64.9 cm³/mol. The van der Waals surface area contributed by atoms with E-state index in [0.717, 1.165) is 5.56 Å². The average Bonchev–Trinajstić information content (AvgIpc) is 2.80. The smallest absolute Gasteiger partial charge is 0.326 e. The molecule has 0 aliphatic carbocycles. The quantitative estimate of drug-likeness (QED) is 0.699. The Morgan fingerprint density at radius 2 is 2.33 bits per heavy atom. The Bertz CT molecular complexity index is 391. The van der Waals surface area contributed by atoms with Crippen molar-refractivity contribution >= 4 is 12.0 Å². The third kappa shape index (κ3) is 4.08. The van der Waals surface area contributed by atoms with E-state index in [1.807, 2.05) is 6.92 Å². The lowest BCUT2D eigenvalue weighted by Gasteiger charge is -2.20. The van der Waals surface area contributed by atoms with Gasteiger partial charge in [-0.15, -0.1) is 0 Å². The van der Waals surface area contributed by atoms with Crippen molar-refractivity contribution in [2.24, 2.45) is 0 Å². The minimum Gasteiger partial charge on any atom is -0.480 e. The maximum atomic E-state index is 11.8. The Balaban J connectivity index is 2.50. The predicted octanol–water partition coefficient (Wildman–Crippen LogP) is 0.804. The van der Waals surface area contributed by atoms with Crippen LogP contribution in [0.15, 0.2) is 12.4 Å². The van der Waals surface area contributed by atoms with Crippen molar-refractivity contribution in [3.05, 3.63) is 18.0 Å². The molecule has 0 saturated carbocycles. The molecule has 0 fully saturated rings. The molecule has 0 aliphatic heterocycles. The fourth-order valence-electron chi connectivity index (χ4n) is 1.52. The molecular weight excluding hydrogens is 236 g/mol. The first kappa shape index (κ1) is 14.0. The average molecular weight is 254 g/mol. The Kier molecular flexibility index (Phi) is 5.16. The molecule has 1 rings (SSSR count). The van der Waals surface area contributed by atoms with Crippen LogP contribution in [-0.2, 0) is 11.3 Å². The Morgan fingerprint density at radius 3 is 2.83 bits per heavy atom. The summed E-state index contributed by atoms with van der Waals surface area (Å²) in [6, 6.07) is -1.24. The van der Waals surface area contributed by atoms with Gasteiger partial charge in [-0.1, -0.05) is 13.3 Å². The molecular formula is C11H18N4O3. The summed E-state index contributed by atoms with van der Waals surface area (Å²) in [6.45, 7) is 2.25. The zero-order valence-electron chi connectivity index (χ0n) is 10.5. The van der Waals surface area contributed by atoms with Crippen LogP contribution in [0, 0.1) is 0 Å². The number of aromatic amines is 1. The molecule has 18 heavy (non-hydrogen) atoms. The summed E-state index contributed by atoms with van der Waals surface area (Å²) in [5.74, 6) is -1.01. The van der Waals surface area contributed by atoms with Gasteiger partial charge >= 0.3 is 12.0 Å². The lowest BCUT2D eigenvalue weighted by atomic mass is 10.2. The highest BCUT2D eigenvalue weighted by molar-refractivity contribution is 5.82. The lowest BCUT2D eigenvalue weighted by molar-refractivity contribution is -0.139. The molecule has 7 nitrogen and oxygen atoms in total. The normalized spacial score (nSPS) is 11.9. The molecule has 0 radical (unpaired) electrons. The molecule has 1 aromatic heterocycles. The summed E-state index contributed by atoms with van der Waals surface area (Å²) in [5.41, 5.74) is 0.856. The van der Waals surface area contributed by atoms with Gasteiger partial charge in [-0.05, 0) is 6.42 Å². The standard InChI is InChI=1S/C11H18N4O3/c1-3-4-9(10(16)17)14-11(18)15(2)7-8-5-12-13-6-8/h5-6,9H,3-4,7H2,1-2H3,(H,12,13)(H,14,18)(H,16,17)/t9-/m1/s1. The molecule has 1 aromatic rings. The Hall–Kier alpha value is -2.05. The summed E-state index contributed by atoms with van der Waals surface area (Å²) in [6.07, 6.45) is 4.41. The fraction of sp³-hybridized carbons (Fsp3) is 0.545. The molecule has 0 unspecified atom stereocenters. The molecule has 0 aromatic carbocycles. The summed E-state index contributed by atoms with van der Waals surface area (Å²) in [5, 5.41) is 17.9. The molecule has 0 saturated heterocycles. The molecule has 0 bridgehead atoms. The molecule has 2 amide bonds. The SMILES string of the molecule is CCC[C@@H](NC(=O)N(C)Cc1cn[nH]c1)C(=O)O. The second kappa shape index (κ2) is 6.63. The number of nitrogens with one attached hydrogen (secondary N) is 2. The van der Waals surface area contributed by atoms with Crippen LogP contribution in [0.1, 0.15) is 25.3 Å². The number of hydrogen-bond acceptors (Lipinski definition) is 3. The van der Waals surface area contributed by atoms with Crippen molar-refractivity contribution in [2.45, 2.75) is 32.4 Å². The van der Waals surface area contributed by atoms with Crippen molar-refractivity contribution in [1.82, 2.24) is 20.4 Å². The summed E-state index contributed by atoms with van der Waals surface area (Å²) in [4.78, 5) is 24.1. The number of urea groups is 1. The van der Waals surface area contributed by atoms with E-state index in [9.17, 15) is 9.59 Å². The number of carboxylic acid groups (broad SMARTS) is 1. The van der Waals surface area contributed by atoms with Gasteiger partial charge < -0.3 is 15.3 Å². The topological polar surface area (TPSA) is 98.3 Å². The first-order valence-corrected chi connectivity index (χ1v) is 5.76. The van der Waals surface area contributed by atoms with Gasteiger partial charge in [0.2, 0.25) is 0 Å². The van der Waals surface area contributed by atoms with Gasteiger partial charge in [0.05, 0.1) is 12.7 Å². The number of carboxylic acids is 1. The van der Waals surface area contributed by atoms with Crippen LogP contribution in [0.3, 0.4) is 0 Å². The van der Waals surface area contributed by atoms with E-state index in [0.29, 0.717) is 19.4 Å². The van der Waals surface area contributed by atoms with Gasteiger partial charge in [0, 0.05) is 18.8 Å². The largest absolute Gasteiger partial charge is 0.480 e. The fourth-order valence-corrected chi connectivity index (χ4v) is 1.52. The van der Waals surface area contributed by atoms with Crippen molar-refractivity contribution in [2.75, 3.05) is 7.05 Å². The highest BCUT2D eigenvalue weighted by Gasteiger charge is 2.20.